The summed E-state index contributed by atoms with van der Waals surface area (Å²) in [6, 6.07) is 12.8. The van der Waals surface area contributed by atoms with Crippen molar-refractivity contribution in [1.29, 1.82) is 0 Å². The standard InChI is InChI=1S/C23H27N3O4S2/c1-17-16-31-22(25-17)9-4-5-14-24-23(27)18-7-6-8-21(15-18)32(28,29)26(2)19-10-12-20(30-3)13-11-19/h6-8,10-13,15-16H,4-5,9,14H2,1-3H3,(H,24,27). The molecular formula is C23H27N3O4S2. The van der Waals surface area contributed by atoms with Gasteiger partial charge in [-0.1, -0.05) is 6.07 Å². The SMILES string of the molecule is COc1ccc(N(C)S(=O)(=O)c2cccc(C(=O)NCCCCc3nc(C)cs3)c2)cc1. The fourth-order valence-electron chi connectivity index (χ4n) is 3.11. The van der Waals surface area contributed by atoms with E-state index in [9.17, 15) is 13.2 Å². The third kappa shape index (κ3) is 5.86. The molecule has 1 N–H and O–H groups in total. The number of rotatable bonds is 10. The molecule has 9 heteroatoms. The molecule has 0 aliphatic heterocycles. The van der Waals surface area contributed by atoms with Crippen LogP contribution in [0.5, 0.6) is 5.75 Å². The summed E-state index contributed by atoms with van der Waals surface area (Å²) in [5.41, 5.74) is 1.84. The number of sulfonamides is 1. The van der Waals surface area contributed by atoms with Crippen molar-refractivity contribution in [2.24, 2.45) is 0 Å². The predicted octanol–water partition coefficient (Wildman–Crippen LogP) is 4.04. The molecule has 1 aromatic heterocycles. The Balaban J connectivity index is 1.59. The molecule has 7 nitrogen and oxygen atoms in total. The lowest BCUT2D eigenvalue weighted by Crippen LogP contribution is -2.28. The Hall–Kier alpha value is -2.91. The number of aromatic nitrogens is 1. The number of nitrogens with one attached hydrogen (secondary N) is 1. The van der Waals surface area contributed by atoms with Gasteiger partial charge in [0.05, 0.1) is 22.7 Å². The van der Waals surface area contributed by atoms with Crippen LogP contribution >= 0.6 is 11.3 Å². The highest BCUT2D eigenvalue weighted by molar-refractivity contribution is 7.92. The van der Waals surface area contributed by atoms with Crippen molar-refractivity contribution in [2.45, 2.75) is 31.1 Å². The Labute approximate surface area is 193 Å². The Kier molecular flexibility index (Phi) is 7.87. The van der Waals surface area contributed by atoms with E-state index in [1.165, 1.54) is 23.5 Å². The molecule has 170 valence electrons. The second-order valence-electron chi connectivity index (χ2n) is 7.29. The number of methoxy groups -OCH3 is 1. The summed E-state index contributed by atoms with van der Waals surface area (Å²) in [6.45, 7) is 2.50. The predicted molar refractivity (Wildman–Crippen MR) is 127 cm³/mol. The lowest BCUT2D eigenvalue weighted by atomic mass is 10.2. The van der Waals surface area contributed by atoms with Gasteiger partial charge in [0.15, 0.2) is 0 Å². The number of ether oxygens (including phenoxy) is 1. The number of unbranched alkanes of at least 4 members (excludes halogenated alkanes) is 1. The van der Waals surface area contributed by atoms with E-state index in [1.54, 1.807) is 54.8 Å². The number of aryl methyl sites for hydroxylation is 2. The lowest BCUT2D eigenvalue weighted by Gasteiger charge is -2.20. The monoisotopic (exact) mass is 473 g/mol. The third-order valence-corrected chi connectivity index (χ3v) is 7.77. The number of carbonyl (C=O) groups is 1. The molecule has 0 fully saturated rings. The zero-order chi connectivity index (χ0) is 23.1. The van der Waals surface area contributed by atoms with Crippen molar-refractivity contribution in [2.75, 3.05) is 25.0 Å². The number of thiazole rings is 1. The van der Waals surface area contributed by atoms with Gasteiger partial charge in [-0.05, 0) is 68.7 Å². The van der Waals surface area contributed by atoms with E-state index >= 15 is 0 Å². The number of hydrogen-bond acceptors (Lipinski definition) is 6. The third-order valence-electron chi connectivity index (χ3n) is 4.96. The summed E-state index contributed by atoms with van der Waals surface area (Å²) in [5.74, 6) is 0.347. The molecule has 2 aromatic carbocycles. The molecule has 3 rings (SSSR count). The van der Waals surface area contributed by atoms with Gasteiger partial charge in [0.1, 0.15) is 5.75 Å². The summed E-state index contributed by atoms with van der Waals surface area (Å²) in [5, 5.41) is 6.00. The number of benzene rings is 2. The van der Waals surface area contributed by atoms with Gasteiger partial charge in [0.2, 0.25) is 0 Å². The zero-order valence-corrected chi connectivity index (χ0v) is 20.0. The van der Waals surface area contributed by atoms with Crippen LogP contribution in [0.4, 0.5) is 5.69 Å². The first kappa shape index (κ1) is 23.7. The molecule has 0 aliphatic carbocycles. The van der Waals surface area contributed by atoms with Crippen LogP contribution in [0.3, 0.4) is 0 Å². The van der Waals surface area contributed by atoms with Crippen molar-refractivity contribution in [3.05, 3.63) is 70.2 Å². The highest BCUT2D eigenvalue weighted by atomic mass is 32.2. The molecule has 1 heterocycles. The van der Waals surface area contributed by atoms with E-state index in [4.69, 9.17) is 4.74 Å². The van der Waals surface area contributed by atoms with E-state index in [-0.39, 0.29) is 10.8 Å². The van der Waals surface area contributed by atoms with Gasteiger partial charge in [-0.15, -0.1) is 11.3 Å². The van der Waals surface area contributed by atoms with Gasteiger partial charge < -0.3 is 10.1 Å². The van der Waals surface area contributed by atoms with Crippen LogP contribution in [-0.2, 0) is 16.4 Å². The first-order chi connectivity index (χ1) is 15.3. The second kappa shape index (κ2) is 10.6. The number of hydrogen-bond donors (Lipinski definition) is 1. The molecule has 0 saturated heterocycles. The average Bonchev–Trinajstić information content (AvgIpc) is 3.23. The fraction of sp³-hybridized carbons (Fsp3) is 0.304. The van der Waals surface area contributed by atoms with Gasteiger partial charge in [0, 0.05) is 30.2 Å². The zero-order valence-electron chi connectivity index (χ0n) is 18.4. The fourth-order valence-corrected chi connectivity index (χ4v) is 5.17. The first-order valence-electron chi connectivity index (χ1n) is 10.2. The van der Waals surface area contributed by atoms with Gasteiger partial charge in [0.25, 0.3) is 15.9 Å². The Morgan fingerprint density at radius 2 is 1.91 bits per heavy atom. The van der Waals surface area contributed by atoms with Crippen LogP contribution in [0, 0.1) is 6.92 Å². The van der Waals surface area contributed by atoms with E-state index in [1.807, 2.05) is 12.3 Å². The summed E-state index contributed by atoms with van der Waals surface area (Å²) in [6.07, 6.45) is 2.64. The van der Waals surface area contributed by atoms with E-state index in [2.05, 4.69) is 10.3 Å². The topological polar surface area (TPSA) is 88.6 Å². The minimum atomic E-state index is -3.82. The normalized spacial score (nSPS) is 11.2. The maximum atomic E-state index is 13.1. The number of amides is 1. The smallest absolute Gasteiger partial charge is 0.264 e. The van der Waals surface area contributed by atoms with Crippen LogP contribution in [0.2, 0.25) is 0 Å². The number of anilines is 1. The Bertz CT molecular complexity index is 1160. The van der Waals surface area contributed by atoms with Crippen LogP contribution in [0.1, 0.15) is 33.9 Å². The highest BCUT2D eigenvalue weighted by Gasteiger charge is 2.22. The van der Waals surface area contributed by atoms with Gasteiger partial charge in [-0.2, -0.15) is 0 Å². The summed E-state index contributed by atoms with van der Waals surface area (Å²) in [7, 11) is -0.789. The van der Waals surface area contributed by atoms with Crippen molar-refractivity contribution < 1.29 is 17.9 Å². The molecule has 0 atom stereocenters. The molecule has 1 amide bonds. The lowest BCUT2D eigenvalue weighted by molar-refractivity contribution is 0.0953. The minimum Gasteiger partial charge on any atom is -0.497 e. The second-order valence-corrected chi connectivity index (χ2v) is 10.2. The van der Waals surface area contributed by atoms with Gasteiger partial charge in [-0.3, -0.25) is 9.10 Å². The van der Waals surface area contributed by atoms with Crippen molar-refractivity contribution in [3.63, 3.8) is 0 Å². The average molecular weight is 474 g/mol. The first-order valence-corrected chi connectivity index (χ1v) is 12.6. The minimum absolute atomic E-state index is 0.0580. The molecule has 0 radical (unpaired) electrons. The quantitative estimate of drug-likeness (QED) is 0.449. The number of nitrogens with zero attached hydrogens (tertiary/aromatic N) is 2. The van der Waals surface area contributed by atoms with Crippen LogP contribution in [-0.4, -0.2) is 40.0 Å². The maximum absolute atomic E-state index is 13.1. The van der Waals surface area contributed by atoms with Gasteiger partial charge in [-0.25, -0.2) is 13.4 Å². The van der Waals surface area contributed by atoms with Crippen LogP contribution in [0.15, 0.2) is 58.8 Å². The Morgan fingerprint density at radius 1 is 1.16 bits per heavy atom. The molecule has 0 saturated carbocycles. The number of carbonyl (C=O) groups excluding carboxylic acids is 1. The molecule has 32 heavy (non-hydrogen) atoms. The highest BCUT2D eigenvalue weighted by Crippen LogP contribution is 2.24. The molecular weight excluding hydrogens is 446 g/mol. The molecule has 0 spiro atoms. The summed E-state index contributed by atoms with van der Waals surface area (Å²) >= 11 is 1.65. The van der Waals surface area contributed by atoms with Gasteiger partial charge >= 0.3 is 0 Å². The molecule has 3 aromatic rings. The Morgan fingerprint density at radius 3 is 2.56 bits per heavy atom. The molecule has 0 bridgehead atoms. The summed E-state index contributed by atoms with van der Waals surface area (Å²) in [4.78, 5) is 17.0. The molecule has 0 aliphatic rings. The van der Waals surface area contributed by atoms with Crippen molar-refractivity contribution >= 4 is 33.0 Å². The largest absolute Gasteiger partial charge is 0.497 e. The van der Waals surface area contributed by atoms with E-state index in [0.29, 0.717) is 23.5 Å². The van der Waals surface area contributed by atoms with Crippen molar-refractivity contribution in [3.8, 4) is 5.75 Å². The summed E-state index contributed by atoms with van der Waals surface area (Å²) < 4.78 is 32.4. The van der Waals surface area contributed by atoms with Crippen LogP contribution < -0.4 is 14.4 Å². The van der Waals surface area contributed by atoms with E-state index < -0.39 is 10.0 Å². The van der Waals surface area contributed by atoms with Crippen molar-refractivity contribution in [1.82, 2.24) is 10.3 Å². The van der Waals surface area contributed by atoms with E-state index in [0.717, 1.165) is 30.0 Å². The maximum Gasteiger partial charge on any atom is 0.264 e. The van der Waals surface area contributed by atoms with Crippen LogP contribution in [0.25, 0.3) is 0 Å². The molecule has 0 unspecified atom stereocenters.